The lowest BCUT2D eigenvalue weighted by molar-refractivity contribution is -0.137. The molecule has 0 bridgehead atoms. The first-order valence-electron chi connectivity index (χ1n) is 13.3. The highest BCUT2D eigenvalue weighted by molar-refractivity contribution is 5.81. The van der Waals surface area contributed by atoms with Crippen LogP contribution in [0.15, 0.2) is 55.3 Å². The van der Waals surface area contributed by atoms with Crippen LogP contribution in [-0.2, 0) is 20.9 Å². The minimum Gasteiger partial charge on any atom is -0.492 e. The molecule has 0 atom stereocenters. The Morgan fingerprint density at radius 3 is 2.23 bits per heavy atom. The van der Waals surface area contributed by atoms with Gasteiger partial charge < -0.3 is 14.2 Å². The molecule has 0 saturated heterocycles. The quantitative estimate of drug-likeness (QED) is 0.142. The van der Waals surface area contributed by atoms with Crippen LogP contribution in [0.2, 0.25) is 0 Å². The van der Waals surface area contributed by atoms with Crippen molar-refractivity contribution in [3.8, 4) is 17.0 Å². The molecule has 5 heteroatoms. The van der Waals surface area contributed by atoms with E-state index in [1.165, 1.54) is 63.0 Å². The smallest absolute Gasteiger partial charge is 0.330 e. The lowest BCUT2D eigenvalue weighted by Gasteiger charge is -2.22. The maximum atomic E-state index is 10.9. The lowest BCUT2D eigenvalue weighted by atomic mass is 9.98. The van der Waals surface area contributed by atoms with Crippen molar-refractivity contribution in [1.82, 2.24) is 4.98 Å². The molecule has 3 rings (SSSR count). The summed E-state index contributed by atoms with van der Waals surface area (Å²) in [6.45, 7) is 5.29. The fourth-order valence-electron chi connectivity index (χ4n) is 4.36. The first-order chi connectivity index (χ1) is 17.2. The molecule has 2 aromatic rings. The zero-order valence-corrected chi connectivity index (χ0v) is 21.1. The summed E-state index contributed by atoms with van der Waals surface area (Å²) in [4.78, 5) is 15.5. The Morgan fingerprint density at radius 1 is 0.886 bits per heavy atom. The van der Waals surface area contributed by atoms with Gasteiger partial charge in [0.25, 0.3) is 0 Å². The molecule has 0 spiro atoms. The second-order valence-electron chi connectivity index (χ2n) is 9.34. The van der Waals surface area contributed by atoms with Gasteiger partial charge in [0.2, 0.25) is 0 Å². The van der Waals surface area contributed by atoms with Crippen molar-refractivity contribution in [1.29, 1.82) is 0 Å². The summed E-state index contributed by atoms with van der Waals surface area (Å²) in [5.41, 5.74) is 3.28. The highest BCUT2D eigenvalue weighted by atomic mass is 16.5. The molecule has 35 heavy (non-hydrogen) atoms. The van der Waals surface area contributed by atoms with E-state index in [0.29, 0.717) is 25.9 Å². The highest BCUT2D eigenvalue weighted by Crippen LogP contribution is 2.23. The van der Waals surface area contributed by atoms with Crippen LogP contribution in [0.3, 0.4) is 0 Å². The first-order valence-corrected chi connectivity index (χ1v) is 13.3. The molecule has 5 nitrogen and oxygen atoms in total. The minimum atomic E-state index is -0.334. The zero-order valence-electron chi connectivity index (χ0n) is 21.1. The summed E-state index contributed by atoms with van der Waals surface area (Å²) in [5, 5.41) is 0. The fraction of sp³-hybridized carbons (Fsp3) is 0.533. The van der Waals surface area contributed by atoms with E-state index in [-0.39, 0.29) is 5.97 Å². The van der Waals surface area contributed by atoms with Gasteiger partial charge in [-0.1, -0.05) is 82.2 Å². The van der Waals surface area contributed by atoms with Gasteiger partial charge in [0.05, 0.1) is 37.8 Å². The van der Waals surface area contributed by atoms with E-state index >= 15 is 0 Å². The van der Waals surface area contributed by atoms with E-state index < -0.39 is 0 Å². The van der Waals surface area contributed by atoms with Crippen LogP contribution in [-0.4, -0.2) is 30.3 Å². The molecule has 1 aromatic heterocycles. The van der Waals surface area contributed by atoms with Crippen LogP contribution in [0, 0.1) is 0 Å². The summed E-state index contributed by atoms with van der Waals surface area (Å²) in [6.07, 6.45) is 17.6. The van der Waals surface area contributed by atoms with Crippen molar-refractivity contribution in [2.24, 2.45) is 0 Å². The zero-order chi connectivity index (χ0) is 24.6. The average molecular weight is 480 g/mol. The SMILES string of the molecule is C=CC(=O)OCCCCCCCCCOc1ccc(-c2ccc(COC3CCCCC3)cc2)nc1. The van der Waals surface area contributed by atoms with Crippen molar-refractivity contribution in [3.63, 3.8) is 0 Å². The van der Waals surface area contributed by atoms with Gasteiger partial charge in [0.1, 0.15) is 5.75 Å². The normalized spacial score (nSPS) is 13.9. The Bertz CT molecular complexity index is 857. The van der Waals surface area contributed by atoms with Crippen LogP contribution in [0.5, 0.6) is 5.75 Å². The lowest BCUT2D eigenvalue weighted by Crippen LogP contribution is -2.16. The molecule has 1 aromatic carbocycles. The third kappa shape index (κ3) is 10.6. The molecular weight excluding hydrogens is 438 g/mol. The average Bonchev–Trinajstić information content (AvgIpc) is 2.91. The van der Waals surface area contributed by atoms with E-state index in [4.69, 9.17) is 14.2 Å². The number of ether oxygens (including phenoxy) is 3. The van der Waals surface area contributed by atoms with E-state index in [1.807, 2.05) is 18.3 Å². The molecule has 0 N–H and O–H groups in total. The Hall–Kier alpha value is -2.66. The number of unbranched alkanes of at least 4 members (excludes halogenated alkanes) is 6. The molecule has 1 saturated carbocycles. The molecular formula is C30H41NO4. The molecule has 0 radical (unpaired) electrons. The summed E-state index contributed by atoms with van der Waals surface area (Å²) >= 11 is 0. The largest absolute Gasteiger partial charge is 0.492 e. The third-order valence-electron chi connectivity index (χ3n) is 6.49. The molecule has 0 aliphatic heterocycles. The highest BCUT2D eigenvalue weighted by Gasteiger charge is 2.13. The van der Waals surface area contributed by atoms with Gasteiger partial charge in [-0.15, -0.1) is 0 Å². The maximum Gasteiger partial charge on any atom is 0.330 e. The van der Waals surface area contributed by atoms with Gasteiger partial charge in [0, 0.05) is 11.6 Å². The van der Waals surface area contributed by atoms with Crippen molar-refractivity contribution in [2.75, 3.05) is 13.2 Å². The molecule has 1 aliphatic carbocycles. The summed E-state index contributed by atoms with van der Waals surface area (Å²) in [5.74, 6) is 0.486. The molecule has 190 valence electrons. The van der Waals surface area contributed by atoms with Gasteiger partial charge in [0.15, 0.2) is 0 Å². The molecule has 1 heterocycles. The third-order valence-corrected chi connectivity index (χ3v) is 6.49. The van der Waals surface area contributed by atoms with Crippen LogP contribution in [0.1, 0.15) is 82.6 Å². The van der Waals surface area contributed by atoms with Crippen LogP contribution in [0.4, 0.5) is 0 Å². The van der Waals surface area contributed by atoms with Gasteiger partial charge in [-0.3, -0.25) is 4.98 Å². The summed E-state index contributed by atoms with van der Waals surface area (Å²) < 4.78 is 16.9. The minimum absolute atomic E-state index is 0.334. The monoisotopic (exact) mass is 479 g/mol. The van der Waals surface area contributed by atoms with Crippen LogP contribution >= 0.6 is 0 Å². The standard InChI is InChI=1S/C30H41NO4/c1-2-30(32)34-22-12-7-5-3-4-6-11-21-33-28-19-20-29(31-23-28)26-17-15-25(16-18-26)24-35-27-13-9-8-10-14-27/h2,15-20,23,27H,1,3-14,21-22,24H2. The van der Waals surface area contributed by atoms with Gasteiger partial charge >= 0.3 is 5.97 Å². The van der Waals surface area contributed by atoms with Crippen molar-refractivity contribution < 1.29 is 19.0 Å². The van der Waals surface area contributed by atoms with E-state index in [2.05, 4.69) is 35.8 Å². The van der Waals surface area contributed by atoms with Gasteiger partial charge in [-0.25, -0.2) is 4.79 Å². The van der Waals surface area contributed by atoms with E-state index in [0.717, 1.165) is 42.7 Å². The Balaban J connectivity index is 1.25. The van der Waals surface area contributed by atoms with Gasteiger partial charge in [-0.05, 0) is 43.4 Å². The summed E-state index contributed by atoms with van der Waals surface area (Å²) in [6, 6.07) is 12.5. The predicted octanol–water partition coefficient (Wildman–Crippen LogP) is 7.44. The fourth-order valence-corrected chi connectivity index (χ4v) is 4.36. The van der Waals surface area contributed by atoms with Gasteiger partial charge in [-0.2, -0.15) is 0 Å². The first kappa shape index (κ1) is 26.9. The second kappa shape index (κ2) is 16.1. The van der Waals surface area contributed by atoms with Crippen molar-refractivity contribution in [3.05, 3.63) is 60.8 Å². The number of nitrogens with zero attached hydrogens (tertiary/aromatic N) is 1. The van der Waals surface area contributed by atoms with E-state index in [9.17, 15) is 4.79 Å². The topological polar surface area (TPSA) is 57.7 Å². The van der Waals surface area contributed by atoms with Crippen molar-refractivity contribution in [2.45, 2.75) is 89.8 Å². The number of benzene rings is 1. The Morgan fingerprint density at radius 2 is 1.57 bits per heavy atom. The molecule has 0 unspecified atom stereocenters. The molecule has 0 amide bonds. The number of carbonyl (C=O) groups is 1. The summed E-state index contributed by atoms with van der Waals surface area (Å²) in [7, 11) is 0. The molecule has 1 aliphatic rings. The number of pyridine rings is 1. The number of carbonyl (C=O) groups excluding carboxylic acids is 1. The van der Waals surface area contributed by atoms with Crippen LogP contribution in [0.25, 0.3) is 11.3 Å². The number of esters is 1. The molecule has 1 fully saturated rings. The maximum absolute atomic E-state index is 10.9. The number of hydrogen-bond donors (Lipinski definition) is 0. The van der Waals surface area contributed by atoms with E-state index in [1.54, 1.807) is 0 Å². The number of aromatic nitrogens is 1. The van der Waals surface area contributed by atoms with Crippen molar-refractivity contribution >= 4 is 5.97 Å². The Kier molecular flexibility index (Phi) is 12.4. The van der Waals surface area contributed by atoms with Crippen LogP contribution < -0.4 is 4.74 Å². The Labute approximate surface area is 210 Å². The second-order valence-corrected chi connectivity index (χ2v) is 9.34. The predicted molar refractivity (Wildman–Crippen MR) is 140 cm³/mol. The number of hydrogen-bond acceptors (Lipinski definition) is 5. The number of rotatable bonds is 16.